The van der Waals surface area contributed by atoms with E-state index in [1.54, 1.807) is 7.05 Å². The molecule has 14 heavy (non-hydrogen) atoms. The van der Waals surface area contributed by atoms with Gasteiger partial charge in [-0.15, -0.1) is 0 Å². The van der Waals surface area contributed by atoms with E-state index < -0.39 is 5.97 Å². The van der Waals surface area contributed by atoms with Gasteiger partial charge in [0.15, 0.2) is 5.69 Å². The summed E-state index contributed by atoms with van der Waals surface area (Å²) in [5.41, 5.74) is 0.638. The van der Waals surface area contributed by atoms with Gasteiger partial charge in [-0.2, -0.15) is 5.10 Å². The van der Waals surface area contributed by atoms with Crippen LogP contribution in [0.5, 0.6) is 0 Å². The summed E-state index contributed by atoms with van der Waals surface area (Å²) in [6.07, 6.45) is 1.50. The Kier molecular flexibility index (Phi) is 1.89. The Morgan fingerprint density at radius 2 is 2.36 bits per heavy atom. The first-order chi connectivity index (χ1) is 6.59. The molecule has 0 radical (unpaired) electrons. The minimum absolute atomic E-state index is 0.00759. The molecule has 0 aliphatic heterocycles. The van der Waals surface area contributed by atoms with Crippen molar-refractivity contribution in [2.75, 3.05) is 0 Å². The third-order valence-electron chi connectivity index (χ3n) is 1.91. The number of aryl methyl sites for hydroxylation is 1. The van der Waals surface area contributed by atoms with Crippen LogP contribution in [0.4, 0.5) is 0 Å². The number of rotatable bonds is 1. The Morgan fingerprint density at radius 1 is 1.64 bits per heavy atom. The zero-order valence-electron chi connectivity index (χ0n) is 7.23. The van der Waals surface area contributed by atoms with E-state index in [0.29, 0.717) is 10.9 Å². The van der Waals surface area contributed by atoms with Crippen LogP contribution >= 0.6 is 11.6 Å². The van der Waals surface area contributed by atoms with Gasteiger partial charge in [0, 0.05) is 12.4 Å². The number of aromatic nitrogens is 3. The van der Waals surface area contributed by atoms with Gasteiger partial charge in [0.25, 0.3) is 0 Å². The van der Waals surface area contributed by atoms with Gasteiger partial charge >= 0.3 is 5.97 Å². The highest BCUT2D eigenvalue weighted by atomic mass is 35.5. The standard InChI is InChI=1S/C8H6ClN3O2/c1-12-5-3-10-6(9)2-4(5)7(11-12)8(13)14/h2-3H,1H3,(H,13,14). The van der Waals surface area contributed by atoms with Crippen molar-refractivity contribution in [1.29, 1.82) is 0 Å². The Labute approximate surface area is 83.9 Å². The minimum Gasteiger partial charge on any atom is -0.476 e. The highest BCUT2D eigenvalue weighted by Crippen LogP contribution is 2.19. The van der Waals surface area contributed by atoms with Gasteiger partial charge < -0.3 is 5.11 Å². The highest BCUT2D eigenvalue weighted by molar-refractivity contribution is 6.30. The van der Waals surface area contributed by atoms with Gasteiger partial charge in [0.1, 0.15) is 5.15 Å². The second-order valence-corrected chi connectivity index (χ2v) is 3.19. The van der Waals surface area contributed by atoms with Crippen molar-refractivity contribution >= 4 is 28.5 Å². The average Bonchev–Trinajstić information content (AvgIpc) is 2.43. The van der Waals surface area contributed by atoms with Gasteiger partial charge in [-0.3, -0.25) is 4.68 Å². The van der Waals surface area contributed by atoms with Crippen molar-refractivity contribution < 1.29 is 9.90 Å². The number of carbonyl (C=O) groups is 1. The van der Waals surface area contributed by atoms with E-state index in [2.05, 4.69) is 10.1 Å². The van der Waals surface area contributed by atoms with Crippen molar-refractivity contribution in [3.63, 3.8) is 0 Å². The molecule has 0 aliphatic carbocycles. The lowest BCUT2D eigenvalue weighted by molar-refractivity contribution is 0.0691. The number of nitrogens with zero attached hydrogens (tertiary/aromatic N) is 3. The smallest absolute Gasteiger partial charge is 0.357 e. The molecule has 2 heterocycles. The number of aromatic carboxylic acids is 1. The summed E-state index contributed by atoms with van der Waals surface area (Å²) in [5.74, 6) is -1.07. The molecule has 0 atom stereocenters. The van der Waals surface area contributed by atoms with E-state index in [9.17, 15) is 4.79 Å². The lowest BCUT2D eigenvalue weighted by Gasteiger charge is -1.92. The molecule has 0 aliphatic rings. The van der Waals surface area contributed by atoms with E-state index in [-0.39, 0.29) is 10.8 Å². The van der Waals surface area contributed by atoms with E-state index in [1.807, 2.05) is 0 Å². The van der Waals surface area contributed by atoms with Crippen LogP contribution in [0, 0.1) is 0 Å². The van der Waals surface area contributed by atoms with Crippen molar-refractivity contribution in [3.8, 4) is 0 Å². The first-order valence-electron chi connectivity index (χ1n) is 3.81. The third-order valence-corrected chi connectivity index (χ3v) is 2.11. The molecule has 2 aromatic heterocycles. The van der Waals surface area contributed by atoms with Crippen LogP contribution in [0.2, 0.25) is 5.15 Å². The molecule has 72 valence electrons. The lowest BCUT2D eigenvalue weighted by atomic mass is 10.2. The lowest BCUT2D eigenvalue weighted by Crippen LogP contribution is -1.99. The second-order valence-electron chi connectivity index (χ2n) is 2.80. The molecule has 1 N–H and O–H groups in total. The number of fused-ring (bicyclic) bond motifs is 1. The summed E-state index contributed by atoms with van der Waals surface area (Å²) in [7, 11) is 1.66. The summed E-state index contributed by atoms with van der Waals surface area (Å²) < 4.78 is 1.46. The first-order valence-corrected chi connectivity index (χ1v) is 4.19. The molecule has 0 unspecified atom stereocenters. The zero-order chi connectivity index (χ0) is 10.3. The van der Waals surface area contributed by atoms with Crippen molar-refractivity contribution in [2.45, 2.75) is 0 Å². The molecule has 2 rings (SSSR count). The number of hydrogen-bond acceptors (Lipinski definition) is 3. The average molecular weight is 212 g/mol. The predicted octanol–water partition coefficient (Wildman–Crippen LogP) is 1.32. The predicted molar refractivity (Wildman–Crippen MR) is 50.5 cm³/mol. The van der Waals surface area contributed by atoms with Crippen LogP contribution in [0.1, 0.15) is 10.5 Å². The molecule has 6 heteroatoms. The highest BCUT2D eigenvalue weighted by Gasteiger charge is 2.15. The van der Waals surface area contributed by atoms with Crippen LogP contribution in [-0.4, -0.2) is 25.8 Å². The number of halogens is 1. The zero-order valence-corrected chi connectivity index (χ0v) is 7.99. The number of pyridine rings is 1. The molecule has 2 aromatic rings. The van der Waals surface area contributed by atoms with Crippen molar-refractivity contribution in [1.82, 2.24) is 14.8 Å². The van der Waals surface area contributed by atoms with Crippen LogP contribution in [0.15, 0.2) is 12.3 Å². The van der Waals surface area contributed by atoms with Crippen LogP contribution in [0.25, 0.3) is 10.9 Å². The molecule has 0 bridgehead atoms. The normalized spacial score (nSPS) is 10.7. The Balaban J connectivity index is 2.85. The fourth-order valence-electron chi connectivity index (χ4n) is 1.29. The van der Waals surface area contributed by atoms with Crippen LogP contribution in [0.3, 0.4) is 0 Å². The Morgan fingerprint density at radius 3 is 3.00 bits per heavy atom. The van der Waals surface area contributed by atoms with Crippen LogP contribution < -0.4 is 0 Å². The molecule has 5 nitrogen and oxygen atoms in total. The third kappa shape index (κ3) is 1.22. The van der Waals surface area contributed by atoms with Gasteiger partial charge in [-0.25, -0.2) is 9.78 Å². The number of carboxylic acids is 1. The maximum atomic E-state index is 10.8. The number of carboxylic acid groups (broad SMARTS) is 1. The monoisotopic (exact) mass is 211 g/mol. The topological polar surface area (TPSA) is 68.0 Å². The van der Waals surface area contributed by atoms with Crippen LogP contribution in [-0.2, 0) is 7.05 Å². The van der Waals surface area contributed by atoms with Crippen molar-refractivity contribution in [3.05, 3.63) is 23.1 Å². The maximum Gasteiger partial charge on any atom is 0.357 e. The maximum absolute atomic E-state index is 10.8. The molecular weight excluding hydrogens is 206 g/mol. The van der Waals surface area contributed by atoms with Crippen molar-refractivity contribution in [2.24, 2.45) is 7.05 Å². The Hall–Kier alpha value is -1.62. The van der Waals surface area contributed by atoms with Gasteiger partial charge in [0.05, 0.1) is 11.7 Å². The van der Waals surface area contributed by atoms with E-state index in [1.165, 1.54) is 16.9 Å². The molecule has 0 saturated heterocycles. The van der Waals surface area contributed by atoms with Gasteiger partial charge in [-0.1, -0.05) is 11.6 Å². The second kappa shape index (κ2) is 2.95. The summed E-state index contributed by atoms with van der Waals surface area (Å²) in [6.45, 7) is 0. The SMILES string of the molecule is Cn1nc(C(=O)O)c2cc(Cl)ncc21. The quantitative estimate of drug-likeness (QED) is 0.723. The summed E-state index contributed by atoms with van der Waals surface area (Å²) in [6, 6.07) is 1.49. The minimum atomic E-state index is -1.07. The van der Waals surface area contributed by atoms with E-state index >= 15 is 0 Å². The van der Waals surface area contributed by atoms with Gasteiger partial charge in [0.2, 0.25) is 0 Å². The Bertz CT molecular complexity index is 521. The largest absolute Gasteiger partial charge is 0.476 e. The molecule has 0 fully saturated rings. The molecule has 0 spiro atoms. The number of hydrogen-bond donors (Lipinski definition) is 1. The summed E-state index contributed by atoms with van der Waals surface area (Å²) in [5, 5.41) is 13.5. The first kappa shape index (κ1) is 8.96. The van der Waals surface area contributed by atoms with E-state index in [4.69, 9.17) is 16.7 Å². The van der Waals surface area contributed by atoms with Gasteiger partial charge in [-0.05, 0) is 6.07 Å². The molecule has 0 amide bonds. The molecular formula is C8H6ClN3O2. The fraction of sp³-hybridized carbons (Fsp3) is 0.125. The van der Waals surface area contributed by atoms with E-state index in [0.717, 1.165) is 0 Å². The summed E-state index contributed by atoms with van der Waals surface area (Å²) >= 11 is 5.66. The molecule has 0 aromatic carbocycles. The summed E-state index contributed by atoms with van der Waals surface area (Å²) in [4.78, 5) is 14.7. The fourth-order valence-corrected chi connectivity index (χ4v) is 1.44. The molecule has 0 saturated carbocycles.